The van der Waals surface area contributed by atoms with E-state index >= 15 is 0 Å². The lowest BCUT2D eigenvalue weighted by molar-refractivity contribution is 0.216. The minimum Gasteiger partial charge on any atom is -0.457 e. The molecule has 2 aromatic carbocycles. The molecule has 1 atom stereocenters. The van der Waals surface area contributed by atoms with Crippen molar-refractivity contribution in [3.8, 4) is 11.5 Å². The van der Waals surface area contributed by atoms with Gasteiger partial charge in [-0.05, 0) is 69.0 Å². The average molecular weight is 360 g/mol. The SMILES string of the molecule is CN(C)[C@@H]1CCN(C(=O)Nc2ccc(Oc3ccc(Cl)cc3)cc2)C1. The number of amides is 2. The second-order valence-electron chi connectivity index (χ2n) is 6.36. The zero-order valence-corrected chi connectivity index (χ0v) is 15.2. The van der Waals surface area contributed by atoms with Crippen molar-refractivity contribution in [2.75, 3.05) is 32.5 Å². The second-order valence-corrected chi connectivity index (χ2v) is 6.80. The maximum atomic E-state index is 12.3. The number of ether oxygens (including phenoxy) is 1. The van der Waals surface area contributed by atoms with Gasteiger partial charge in [0.15, 0.2) is 0 Å². The summed E-state index contributed by atoms with van der Waals surface area (Å²) in [5, 5.41) is 3.61. The molecule has 0 bridgehead atoms. The van der Waals surface area contributed by atoms with Crippen LogP contribution in [-0.4, -0.2) is 49.1 Å². The van der Waals surface area contributed by atoms with Gasteiger partial charge in [0, 0.05) is 29.8 Å². The van der Waals surface area contributed by atoms with E-state index in [4.69, 9.17) is 16.3 Å². The lowest BCUT2D eigenvalue weighted by Crippen LogP contribution is -2.36. The highest BCUT2D eigenvalue weighted by Crippen LogP contribution is 2.24. The first kappa shape index (κ1) is 17.6. The molecule has 1 fully saturated rings. The van der Waals surface area contributed by atoms with Gasteiger partial charge in [-0.1, -0.05) is 11.6 Å². The van der Waals surface area contributed by atoms with Crippen LogP contribution in [0.2, 0.25) is 5.02 Å². The number of likely N-dealkylation sites (tertiary alicyclic amines) is 1. The molecule has 0 unspecified atom stereocenters. The van der Waals surface area contributed by atoms with E-state index in [1.807, 2.05) is 55.4 Å². The van der Waals surface area contributed by atoms with Gasteiger partial charge >= 0.3 is 6.03 Å². The largest absolute Gasteiger partial charge is 0.457 e. The third kappa shape index (κ3) is 4.65. The summed E-state index contributed by atoms with van der Waals surface area (Å²) in [4.78, 5) is 16.4. The zero-order chi connectivity index (χ0) is 17.8. The van der Waals surface area contributed by atoms with Crippen LogP contribution >= 0.6 is 11.6 Å². The Bertz CT molecular complexity index is 716. The minimum absolute atomic E-state index is 0.0595. The van der Waals surface area contributed by atoms with Crippen molar-refractivity contribution in [3.05, 3.63) is 53.6 Å². The molecule has 0 radical (unpaired) electrons. The Labute approximate surface area is 153 Å². The molecule has 0 aromatic heterocycles. The average Bonchev–Trinajstić information content (AvgIpc) is 3.09. The number of hydrogen-bond donors (Lipinski definition) is 1. The second kappa shape index (κ2) is 7.76. The number of halogens is 1. The highest BCUT2D eigenvalue weighted by atomic mass is 35.5. The number of rotatable bonds is 4. The lowest BCUT2D eigenvalue weighted by Gasteiger charge is -2.20. The van der Waals surface area contributed by atoms with Crippen LogP contribution in [0.4, 0.5) is 10.5 Å². The van der Waals surface area contributed by atoms with Crippen molar-refractivity contribution in [1.29, 1.82) is 0 Å². The third-order valence-corrected chi connectivity index (χ3v) is 4.59. The summed E-state index contributed by atoms with van der Waals surface area (Å²) < 4.78 is 5.75. The molecular formula is C19H22ClN3O2. The van der Waals surface area contributed by atoms with Gasteiger partial charge in [0.25, 0.3) is 0 Å². The number of carbonyl (C=O) groups is 1. The summed E-state index contributed by atoms with van der Waals surface area (Å²) in [6.45, 7) is 1.54. The zero-order valence-electron chi connectivity index (χ0n) is 14.4. The van der Waals surface area contributed by atoms with Gasteiger partial charge in [-0.2, -0.15) is 0 Å². The number of nitrogens with zero attached hydrogens (tertiary/aromatic N) is 2. The first-order chi connectivity index (χ1) is 12.0. The first-order valence-corrected chi connectivity index (χ1v) is 8.65. The summed E-state index contributed by atoms with van der Waals surface area (Å²) in [6.07, 6.45) is 1.01. The molecule has 0 spiro atoms. The number of anilines is 1. The normalized spacial score (nSPS) is 17.0. The molecule has 132 valence electrons. The molecule has 2 amide bonds. The molecule has 1 heterocycles. The van der Waals surface area contributed by atoms with Crippen LogP contribution in [0.3, 0.4) is 0 Å². The van der Waals surface area contributed by atoms with Crippen molar-refractivity contribution in [1.82, 2.24) is 9.80 Å². The van der Waals surface area contributed by atoms with Crippen LogP contribution in [0.5, 0.6) is 11.5 Å². The molecule has 0 saturated carbocycles. The van der Waals surface area contributed by atoms with Crippen molar-refractivity contribution >= 4 is 23.3 Å². The van der Waals surface area contributed by atoms with Gasteiger partial charge in [0.05, 0.1) is 0 Å². The molecule has 25 heavy (non-hydrogen) atoms. The van der Waals surface area contributed by atoms with E-state index in [0.29, 0.717) is 22.6 Å². The molecular weight excluding hydrogens is 338 g/mol. The maximum absolute atomic E-state index is 12.3. The predicted molar refractivity (Wildman–Crippen MR) is 101 cm³/mol. The van der Waals surface area contributed by atoms with Gasteiger partial charge < -0.3 is 19.9 Å². The number of carbonyl (C=O) groups excluding carboxylic acids is 1. The summed E-state index contributed by atoms with van der Waals surface area (Å²) in [5.41, 5.74) is 0.752. The minimum atomic E-state index is -0.0595. The van der Waals surface area contributed by atoms with Crippen LogP contribution < -0.4 is 10.1 Å². The fourth-order valence-corrected chi connectivity index (χ4v) is 2.92. The smallest absolute Gasteiger partial charge is 0.321 e. The van der Waals surface area contributed by atoms with E-state index in [0.717, 1.165) is 25.2 Å². The van der Waals surface area contributed by atoms with Gasteiger partial charge in [-0.25, -0.2) is 4.79 Å². The van der Waals surface area contributed by atoms with E-state index in [2.05, 4.69) is 10.2 Å². The van der Waals surface area contributed by atoms with Gasteiger partial charge in [-0.3, -0.25) is 0 Å². The Morgan fingerprint density at radius 1 is 1.12 bits per heavy atom. The molecule has 3 rings (SSSR count). The quantitative estimate of drug-likeness (QED) is 0.885. The van der Waals surface area contributed by atoms with Crippen LogP contribution in [0, 0.1) is 0 Å². The molecule has 6 heteroatoms. The highest BCUT2D eigenvalue weighted by molar-refractivity contribution is 6.30. The summed E-state index contributed by atoms with van der Waals surface area (Å²) in [7, 11) is 4.09. The van der Waals surface area contributed by atoms with E-state index in [1.54, 1.807) is 12.1 Å². The topological polar surface area (TPSA) is 44.8 Å². The van der Waals surface area contributed by atoms with E-state index in [9.17, 15) is 4.79 Å². The highest BCUT2D eigenvalue weighted by Gasteiger charge is 2.27. The number of nitrogens with one attached hydrogen (secondary N) is 1. The van der Waals surface area contributed by atoms with E-state index < -0.39 is 0 Å². The standard InChI is InChI=1S/C19H22ClN3O2/c1-22(2)16-11-12-23(13-16)19(24)21-15-5-9-18(10-6-15)25-17-7-3-14(20)4-8-17/h3-10,16H,11-13H2,1-2H3,(H,21,24)/t16-/m1/s1. The number of likely N-dealkylation sites (N-methyl/N-ethyl adjacent to an activating group) is 1. The monoisotopic (exact) mass is 359 g/mol. The Hall–Kier alpha value is -2.24. The molecule has 1 aliphatic heterocycles. The van der Waals surface area contributed by atoms with Gasteiger partial charge in [-0.15, -0.1) is 0 Å². The van der Waals surface area contributed by atoms with Crippen molar-refractivity contribution in [2.24, 2.45) is 0 Å². The van der Waals surface area contributed by atoms with Crippen molar-refractivity contribution in [3.63, 3.8) is 0 Å². The Morgan fingerprint density at radius 3 is 2.28 bits per heavy atom. The predicted octanol–water partition coefficient (Wildman–Crippen LogP) is 4.30. The fraction of sp³-hybridized carbons (Fsp3) is 0.316. The molecule has 2 aromatic rings. The van der Waals surface area contributed by atoms with Crippen LogP contribution in [-0.2, 0) is 0 Å². The summed E-state index contributed by atoms with van der Waals surface area (Å²) in [6, 6.07) is 14.9. The number of benzene rings is 2. The molecule has 5 nitrogen and oxygen atoms in total. The Kier molecular flexibility index (Phi) is 5.46. The molecule has 1 saturated heterocycles. The summed E-state index contributed by atoms with van der Waals surface area (Å²) in [5.74, 6) is 1.42. The van der Waals surface area contributed by atoms with E-state index in [-0.39, 0.29) is 6.03 Å². The molecule has 1 N–H and O–H groups in total. The van der Waals surface area contributed by atoms with E-state index in [1.165, 1.54) is 0 Å². The molecule has 1 aliphatic rings. The van der Waals surface area contributed by atoms with Crippen molar-refractivity contribution in [2.45, 2.75) is 12.5 Å². The van der Waals surface area contributed by atoms with Crippen LogP contribution in [0.15, 0.2) is 48.5 Å². The van der Waals surface area contributed by atoms with Gasteiger partial charge in [0.1, 0.15) is 11.5 Å². The lowest BCUT2D eigenvalue weighted by atomic mass is 10.2. The fourth-order valence-electron chi connectivity index (χ4n) is 2.80. The van der Waals surface area contributed by atoms with Crippen LogP contribution in [0.1, 0.15) is 6.42 Å². The Morgan fingerprint density at radius 2 is 1.72 bits per heavy atom. The van der Waals surface area contributed by atoms with Crippen molar-refractivity contribution < 1.29 is 9.53 Å². The maximum Gasteiger partial charge on any atom is 0.321 e. The number of hydrogen-bond acceptors (Lipinski definition) is 3. The summed E-state index contributed by atoms with van der Waals surface area (Å²) >= 11 is 5.86. The molecule has 0 aliphatic carbocycles. The Balaban J connectivity index is 1.55. The number of urea groups is 1. The van der Waals surface area contributed by atoms with Crippen LogP contribution in [0.25, 0.3) is 0 Å². The third-order valence-electron chi connectivity index (χ3n) is 4.34. The first-order valence-electron chi connectivity index (χ1n) is 8.27. The van der Waals surface area contributed by atoms with Gasteiger partial charge in [0.2, 0.25) is 0 Å².